The maximum absolute atomic E-state index is 5.53. The van der Waals surface area contributed by atoms with Gasteiger partial charge < -0.3 is 9.73 Å². The van der Waals surface area contributed by atoms with Gasteiger partial charge in [-0.25, -0.2) is 0 Å². The Bertz CT molecular complexity index is 382. The molecule has 1 N–H and O–H groups in total. The number of furan rings is 1. The van der Waals surface area contributed by atoms with Crippen molar-refractivity contribution in [2.75, 3.05) is 5.32 Å². The van der Waals surface area contributed by atoms with E-state index in [4.69, 9.17) is 4.42 Å². The standard InChI is InChI=1S/C9H11N3OS/c1-2-7-3-4-8(13-7)5-10-9-6-11-12-14-9/h3-4,6,10H,2,5H2,1H3. The molecular formula is C9H11N3OS. The summed E-state index contributed by atoms with van der Waals surface area (Å²) in [5.41, 5.74) is 0. The summed E-state index contributed by atoms with van der Waals surface area (Å²) in [4.78, 5) is 0. The van der Waals surface area contributed by atoms with E-state index in [0.29, 0.717) is 6.54 Å². The number of aryl methyl sites for hydroxylation is 1. The second kappa shape index (κ2) is 4.23. The fourth-order valence-electron chi connectivity index (χ4n) is 1.13. The molecular weight excluding hydrogens is 198 g/mol. The van der Waals surface area contributed by atoms with Crippen molar-refractivity contribution in [2.24, 2.45) is 0 Å². The fraction of sp³-hybridized carbons (Fsp3) is 0.333. The predicted molar refractivity (Wildman–Crippen MR) is 55.3 cm³/mol. The van der Waals surface area contributed by atoms with Gasteiger partial charge in [0.15, 0.2) is 0 Å². The lowest BCUT2D eigenvalue weighted by atomic mass is 10.3. The van der Waals surface area contributed by atoms with Crippen molar-refractivity contribution >= 4 is 16.5 Å². The summed E-state index contributed by atoms with van der Waals surface area (Å²) in [6.45, 7) is 2.76. The van der Waals surface area contributed by atoms with Crippen LogP contribution in [0.3, 0.4) is 0 Å². The van der Waals surface area contributed by atoms with E-state index >= 15 is 0 Å². The monoisotopic (exact) mass is 209 g/mol. The van der Waals surface area contributed by atoms with Crippen LogP contribution in [0, 0.1) is 0 Å². The van der Waals surface area contributed by atoms with E-state index < -0.39 is 0 Å². The minimum absolute atomic E-state index is 0.684. The van der Waals surface area contributed by atoms with Gasteiger partial charge in [0, 0.05) is 18.0 Å². The summed E-state index contributed by atoms with van der Waals surface area (Å²) >= 11 is 1.34. The average molecular weight is 209 g/mol. The van der Waals surface area contributed by atoms with Gasteiger partial charge in [-0.05, 0) is 12.1 Å². The fourth-order valence-corrected chi connectivity index (χ4v) is 1.54. The normalized spacial score (nSPS) is 10.4. The highest BCUT2D eigenvalue weighted by atomic mass is 32.1. The minimum Gasteiger partial charge on any atom is -0.464 e. The molecule has 0 aromatic carbocycles. The molecule has 74 valence electrons. The van der Waals surface area contributed by atoms with E-state index in [9.17, 15) is 0 Å². The average Bonchev–Trinajstić information content (AvgIpc) is 2.86. The minimum atomic E-state index is 0.684. The third kappa shape index (κ3) is 2.11. The summed E-state index contributed by atoms with van der Waals surface area (Å²) in [6.07, 6.45) is 2.64. The van der Waals surface area contributed by atoms with Gasteiger partial charge in [-0.3, -0.25) is 0 Å². The van der Waals surface area contributed by atoms with E-state index in [0.717, 1.165) is 22.9 Å². The zero-order valence-electron chi connectivity index (χ0n) is 7.86. The Morgan fingerprint density at radius 1 is 1.43 bits per heavy atom. The number of nitrogens with zero attached hydrogens (tertiary/aromatic N) is 2. The highest BCUT2D eigenvalue weighted by Crippen LogP contribution is 2.13. The van der Waals surface area contributed by atoms with E-state index in [1.807, 2.05) is 12.1 Å². The Balaban J connectivity index is 1.92. The number of anilines is 1. The first kappa shape index (κ1) is 9.21. The zero-order valence-corrected chi connectivity index (χ0v) is 8.67. The lowest BCUT2D eigenvalue weighted by Crippen LogP contribution is -1.95. The van der Waals surface area contributed by atoms with Crippen molar-refractivity contribution in [2.45, 2.75) is 19.9 Å². The number of hydrogen-bond acceptors (Lipinski definition) is 5. The van der Waals surface area contributed by atoms with E-state index in [1.165, 1.54) is 11.5 Å². The molecule has 0 unspecified atom stereocenters. The highest BCUT2D eigenvalue weighted by molar-refractivity contribution is 7.09. The molecule has 0 saturated carbocycles. The molecule has 14 heavy (non-hydrogen) atoms. The molecule has 2 rings (SSSR count). The Labute approximate surface area is 86.1 Å². The first-order valence-electron chi connectivity index (χ1n) is 4.47. The summed E-state index contributed by atoms with van der Waals surface area (Å²) in [6, 6.07) is 3.99. The van der Waals surface area contributed by atoms with E-state index in [-0.39, 0.29) is 0 Å². The van der Waals surface area contributed by atoms with Gasteiger partial charge in [-0.1, -0.05) is 11.4 Å². The van der Waals surface area contributed by atoms with Crippen molar-refractivity contribution in [3.05, 3.63) is 29.9 Å². The van der Waals surface area contributed by atoms with Crippen LogP contribution in [0.4, 0.5) is 5.00 Å². The predicted octanol–water partition coefficient (Wildman–Crippen LogP) is 2.31. The van der Waals surface area contributed by atoms with Crippen LogP contribution in [0.1, 0.15) is 18.4 Å². The molecule has 0 radical (unpaired) electrons. The first-order valence-corrected chi connectivity index (χ1v) is 5.24. The maximum Gasteiger partial charge on any atom is 0.130 e. The second-order valence-electron chi connectivity index (χ2n) is 2.86. The summed E-state index contributed by atoms with van der Waals surface area (Å²) < 4.78 is 9.29. The number of nitrogens with one attached hydrogen (secondary N) is 1. The molecule has 0 spiro atoms. The van der Waals surface area contributed by atoms with E-state index in [1.54, 1.807) is 6.20 Å². The first-order chi connectivity index (χ1) is 6.88. The van der Waals surface area contributed by atoms with Crippen molar-refractivity contribution in [1.82, 2.24) is 9.59 Å². The van der Waals surface area contributed by atoms with Crippen LogP contribution < -0.4 is 5.32 Å². The largest absolute Gasteiger partial charge is 0.464 e. The van der Waals surface area contributed by atoms with Crippen LogP contribution in [-0.2, 0) is 13.0 Å². The van der Waals surface area contributed by atoms with Crippen LogP contribution in [-0.4, -0.2) is 9.59 Å². The van der Waals surface area contributed by atoms with Gasteiger partial charge in [0.25, 0.3) is 0 Å². The molecule has 0 aliphatic carbocycles. The van der Waals surface area contributed by atoms with Crippen molar-refractivity contribution in [3.63, 3.8) is 0 Å². The zero-order chi connectivity index (χ0) is 9.80. The van der Waals surface area contributed by atoms with Crippen LogP contribution in [0.25, 0.3) is 0 Å². The third-order valence-electron chi connectivity index (χ3n) is 1.86. The van der Waals surface area contributed by atoms with Gasteiger partial charge in [0.05, 0.1) is 12.7 Å². The molecule has 0 saturated heterocycles. The van der Waals surface area contributed by atoms with Gasteiger partial charge >= 0.3 is 0 Å². The molecule has 0 aliphatic rings. The topological polar surface area (TPSA) is 51.0 Å². The Morgan fingerprint density at radius 3 is 2.93 bits per heavy atom. The maximum atomic E-state index is 5.53. The van der Waals surface area contributed by atoms with Gasteiger partial charge in [0.2, 0.25) is 0 Å². The number of hydrogen-bond donors (Lipinski definition) is 1. The quantitative estimate of drug-likeness (QED) is 0.839. The third-order valence-corrected chi connectivity index (χ3v) is 2.49. The summed E-state index contributed by atoms with van der Waals surface area (Å²) in [5.74, 6) is 1.96. The van der Waals surface area contributed by atoms with Gasteiger partial charge in [-0.15, -0.1) is 5.10 Å². The Hall–Kier alpha value is -1.36. The molecule has 0 fully saturated rings. The molecule has 2 aromatic heterocycles. The molecule has 0 bridgehead atoms. The summed E-state index contributed by atoms with van der Waals surface area (Å²) in [5, 5.41) is 7.87. The SMILES string of the molecule is CCc1ccc(CNc2cnns2)o1. The van der Waals surface area contributed by atoms with Gasteiger partial charge in [-0.2, -0.15) is 0 Å². The molecule has 0 aliphatic heterocycles. The lowest BCUT2D eigenvalue weighted by molar-refractivity contribution is 0.476. The van der Waals surface area contributed by atoms with Crippen LogP contribution in [0.15, 0.2) is 22.7 Å². The van der Waals surface area contributed by atoms with Crippen LogP contribution >= 0.6 is 11.5 Å². The molecule has 2 aromatic rings. The van der Waals surface area contributed by atoms with Gasteiger partial charge in [0.1, 0.15) is 16.5 Å². The summed E-state index contributed by atoms with van der Waals surface area (Å²) in [7, 11) is 0. The van der Waals surface area contributed by atoms with Crippen molar-refractivity contribution in [3.8, 4) is 0 Å². The Morgan fingerprint density at radius 2 is 2.29 bits per heavy atom. The highest BCUT2D eigenvalue weighted by Gasteiger charge is 2.00. The molecule has 4 nitrogen and oxygen atoms in total. The van der Waals surface area contributed by atoms with Crippen molar-refractivity contribution < 1.29 is 4.42 Å². The second-order valence-corrected chi connectivity index (χ2v) is 3.64. The molecule has 0 atom stereocenters. The Kier molecular flexibility index (Phi) is 2.78. The van der Waals surface area contributed by atoms with Crippen LogP contribution in [0.5, 0.6) is 0 Å². The molecule has 0 amide bonds. The number of aromatic nitrogens is 2. The molecule has 2 heterocycles. The number of rotatable bonds is 4. The smallest absolute Gasteiger partial charge is 0.130 e. The van der Waals surface area contributed by atoms with Crippen LogP contribution in [0.2, 0.25) is 0 Å². The lowest BCUT2D eigenvalue weighted by Gasteiger charge is -1.97. The van der Waals surface area contributed by atoms with E-state index in [2.05, 4.69) is 21.8 Å². The molecule has 5 heteroatoms. The van der Waals surface area contributed by atoms with Crippen molar-refractivity contribution in [1.29, 1.82) is 0 Å².